The minimum Gasteiger partial charge on any atom is -0.292 e. The van der Waals surface area contributed by atoms with Crippen molar-refractivity contribution >= 4 is 22.6 Å². The molecule has 2 aromatic heterocycles. The zero-order chi connectivity index (χ0) is 14.1. The number of hydrogen-bond donors (Lipinski definition) is 0. The van der Waals surface area contributed by atoms with E-state index in [1.165, 1.54) is 12.8 Å². The summed E-state index contributed by atoms with van der Waals surface area (Å²) in [5.74, 6) is 0.691. The summed E-state index contributed by atoms with van der Waals surface area (Å²) in [4.78, 5) is 11.1. The van der Waals surface area contributed by atoms with E-state index >= 15 is 0 Å². The molecule has 1 aliphatic rings. The van der Waals surface area contributed by atoms with Gasteiger partial charge in [0.25, 0.3) is 0 Å². The molecule has 0 saturated heterocycles. The molecular formula is C13H15ClN6. The fourth-order valence-corrected chi connectivity index (χ4v) is 2.54. The number of hydrogen-bond acceptors (Lipinski definition) is 5. The topological polar surface area (TPSA) is 70.6 Å². The Bertz CT molecular complexity index is 669. The SMILES string of the molecule is Cn1ncc2c(Cl)nc(CN(CCC#N)C3CC3)nc21. The Morgan fingerprint density at radius 2 is 2.30 bits per heavy atom. The van der Waals surface area contributed by atoms with E-state index < -0.39 is 0 Å². The summed E-state index contributed by atoms with van der Waals surface area (Å²) in [6.45, 7) is 1.39. The van der Waals surface area contributed by atoms with Gasteiger partial charge in [0, 0.05) is 26.1 Å². The van der Waals surface area contributed by atoms with Crippen LogP contribution in [-0.2, 0) is 13.6 Å². The Kier molecular flexibility index (Phi) is 3.55. The number of rotatable bonds is 5. The second kappa shape index (κ2) is 5.35. The molecule has 0 amide bonds. The average Bonchev–Trinajstić information content (AvgIpc) is 3.20. The molecule has 0 atom stereocenters. The lowest BCUT2D eigenvalue weighted by Gasteiger charge is -2.19. The summed E-state index contributed by atoms with van der Waals surface area (Å²) < 4.78 is 1.70. The zero-order valence-corrected chi connectivity index (χ0v) is 12.0. The third kappa shape index (κ3) is 2.60. The van der Waals surface area contributed by atoms with Gasteiger partial charge in [-0.3, -0.25) is 9.58 Å². The highest BCUT2D eigenvalue weighted by Crippen LogP contribution is 2.28. The maximum atomic E-state index is 8.74. The molecule has 0 aliphatic heterocycles. The van der Waals surface area contributed by atoms with Crippen LogP contribution in [-0.4, -0.2) is 37.2 Å². The van der Waals surface area contributed by atoms with Gasteiger partial charge in [0.1, 0.15) is 11.0 Å². The summed E-state index contributed by atoms with van der Waals surface area (Å²) in [6.07, 6.45) is 4.58. The molecule has 2 aromatic rings. The minimum atomic E-state index is 0.439. The molecule has 3 rings (SSSR count). The molecule has 1 fully saturated rings. The normalized spacial score (nSPS) is 14.9. The summed E-state index contributed by atoms with van der Waals surface area (Å²) in [5.41, 5.74) is 0.746. The van der Waals surface area contributed by atoms with Gasteiger partial charge in [0.05, 0.1) is 24.2 Å². The lowest BCUT2D eigenvalue weighted by atomic mass is 10.3. The van der Waals surface area contributed by atoms with Crippen LogP contribution in [0.3, 0.4) is 0 Å². The van der Waals surface area contributed by atoms with E-state index in [2.05, 4.69) is 26.0 Å². The molecule has 1 aliphatic carbocycles. The second-order valence-electron chi connectivity index (χ2n) is 5.05. The molecule has 1 saturated carbocycles. The molecule has 104 valence electrons. The van der Waals surface area contributed by atoms with Crippen molar-refractivity contribution in [2.45, 2.75) is 31.8 Å². The maximum Gasteiger partial charge on any atom is 0.162 e. The molecule has 0 bridgehead atoms. The van der Waals surface area contributed by atoms with E-state index in [4.69, 9.17) is 16.9 Å². The molecule has 20 heavy (non-hydrogen) atoms. The van der Waals surface area contributed by atoms with Crippen molar-refractivity contribution in [1.29, 1.82) is 5.26 Å². The summed E-state index contributed by atoms with van der Waals surface area (Å²) in [7, 11) is 1.84. The summed E-state index contributed by atoms with van der Waals surface area (Å²) >= 11 is 6.18. The molecule has 6 nitrogen and oxygen atoms in total. The first-order valence-corrected chi connectivity index (χ1v) is 7.02. The van der Waals surface area contributed by atoms with Gasteiger partial charge in [-0.25, -0.2) is 9.97 Å². The maximum absolute atomic E-state index is 8.74. The van der Waals surface area contributed by atoms with Crippen molar-refractivity contribution in [3.63, 3.8) is 0 Å². The van der Waals surface area contributed by atoms with E-state index in [1.54, 1.807) is 10.9 Å². The Morgan fingerprint density at radius 1 is 1.50 bits per heavy atom. The zero-order valence-electron chi connectivity index (χ0n) is 11.3. The second-order valence-corrected chi connectivity index (χ2v) is 5.40. The first-order valence-electron chi connectivity index (χ1n) is 6.64. The van der Waals surface area contributed by atoms with Crippen LogP contribution < -0.4 is 0 Å². The molecule has 0 unspecified atom stereocenters. The van der Waals surface area contributed by atoms with Gasteiger partial charge >= 0.3 is 0 Å². The van der Waals surface area contributed by atoms with Crippen molar-refractivity contribution in [3.8, 4) is 6.07 Å². The van der Waals surface area contributed by atoms with Crippen LogP contribution in [0.1, 0.15) is 25.1 Å². The van der Waals surface area contributed by atoms with Crippen LogP contribution in [0, 0.1) is 11.3 Å². The molecule has 2 heterocycles. The van der Waals surface area contributed by atoms with E-state index in [0.717, 1.165) is 17.6 Å². The Balaban J connectivity index is 1.85. The molecular weight excluding hydrogens is 276 g/mol. The van der Waals surface area contributed by atoms with Crippen LogP contribution in [0.15, 0.2) is 6.20 Å². The van der Waals surface area contributed by atoms with Crippen molar-refractivity contribution in [2.75, 3.05) is 6.54 Å². The Morgan fingerprint density at radius 3 is 3.00 bits per heavy atom. The highest BCUT2D eigenvalue weighted by molar-refractivity contribution is 6.33. The monoisotopic (exact) mass is 290 g/mol. The van der Waals surface area contributed by atoms with Crippen molar-refractivity contribution < 1.29 is 0 Å². The van der Waals surface area contributed by atoms with Crippen molar-refractivity contribution in [1.82, 2.24) is 24.6 Å². The van der Waals surface area contributed by atoms with Gasteiger partial charge < -0.3 is 0 Å². The van der Waals surface area contributed by atoms with Gasteiger partial charge in [0.15, 0.2) is 5.65 Å². The van der Waals surface area contributed by atoms with Crippen molar-refractivity contribution in [3.05, 3.63) is 17.2 Å². The predicted molar refractivity (Wildman–Crippen MR) is 75.0 cm³/mol. The van der Waals surface area contributed by atoms with E-state index in [9.17, 15) is 0 Å². The number of halogens is 1. The van der Waals surface area contributed by atoms with Crippen LogP contribution in [0.2, 0.25) is 5.15 Å². The van der Waals surface area contributed by atoms with E-state index in [1.807, 2.05) is 7.05 Å². The first kappa shape index (κ1) is 13.3. The van der Waals surface area contributed by atoms with Gasteiger partial charge in [-0.1, -0.05) is 11.6 Å². The fourth-order valence-electron chi connectivity index (χ4n) is 2.31. The first-order chi connectivity index (χ1) is 9.69. The molecule has 0 N–H and O–H groups in total. The minimum absolute atomic E-state index is 0.439. The summed E-state index contributed by atoms with van der Waals surface area (Å²) in [6, 6.07) is 2.75. The molecule has 7 heteroatoms. The average molecular weight is 291 g/mol. The van der Waals surface area contributed by atoms with Gasteiger partial charge in [-0.15, -0.1) is 0 Å². The standard InChI is InChI=1S/C13H15ClN6/c1-19-13-10(7-16-19)12(14)17-11(18-13)8-20(6-2-5-15)9-3-4-9/h7,9H,2-4,6,8H2,1H3. The van der Waals surface area contributed by atoms with Crippen LogP contribution in [0.4, 0.5) is 0 Å². The largest absolute Gasteiger partial charge is 0.292 e. The lowest BCUT2D eigenvalue weighted by molar-refractivity contribution is 0.254. The number of aromatic nitrogens is 4. The van der Waals surface area contributed by atoms with Crippen LogP contribution in [0.5, 0.6) is 0 Å². The van der Waals surface area contributed by atoms with Crippen molar-refractivity contribution in [2.24, 2.45) is 7.05 Å². The van der Waals surface area contributed by atoms with Crippen LogP contribution in [0.25, 0.3) is 11.0 Å². The lowest BCUT2D eigenvalue weighted by Crippen LogP contribution is -2.27. The van der Waals surface area contributed by atoms with Crippen LogP contribution >= 0.6 is 11.6 Å². The highest BCUT2D eigenvalue weighted by atomic mass is 35.5. The molecule has 0 spiro atoms. The van der Waals surface area contributed by atoms with Gasteiger partial charge in [0.2, 0.25) is 0 Å². The number of aryl methyl sites for hydroxylation is 1. The number of fused-ring (bicyclic) bond motifs is 1. The summed E-state index contributed by atoms with van der Waals surface area (Å²) in [5, 5.41) is 14.1. The predicted octanol–water partition coefficient (Wildman–Crippen LogP) is 1.89. The number of nitriles is 1. The third-order valence-corrected chi connectivity index (χ3v) is 3.80. The smallest absolute Gasteiger partial charge is 0.162 e. The molecule has 0 aromatic carbocycles. The Hall–Kier alpha value is -1.71. The third-order valence-electron chi connectivity index (χ3n) is 3.51. The Labute approximate surface area is 122 Å². The van der Waals surface area contributed by atoms with Gasteiger partial charge in [-0.2, -0.15) is 10.4 Å². The quantitative estimate of drug-likeness (QED) is 0.787. The highest BCUT2D eigenvalue weighted by Gasteiger charge is 2.29. The number of nitrogens with zero attached hydrogens (tertiary/aromatic N) is 6. The van der Waals surface area contributed by atoms with Gasteiger partial charge in [-0.05, 0) is 12.8 Å². The molecule has 0 radical (unpaired) electrons. The fraction of sp³-hybridized carbons (Fsp3) is 0.538. The van der Waals surface area contributed by atoms with E-state index in [0.29, 0.717) is 30.0 Å². The van der Waals surface area contributed by atoms with E-state index in [-0.39, 0.29) is 0 Å².